The van der Waals surface area contributed by atoms with Crippen LogP contribution in [0.1, 0.15) is 17.5 Å². The zero-order valence-corrected chi connectivity index (χ0v) is 17.6. The maximum Gasteiger partial charge on any atom is 0.407 e. The van der Waals surface area contributed by atoms with E-state index in [0.29, 0.717) is 0 Å². The Labute approximate surface area is 176 Å². The number of esters is 1. The maximum absolute atomic E-state index is 12.4. The molecule has 0 unspecified atom stereocenters. The Balaban J connectivity index is 2.17. The normalized spacial score (nSPS) is 13.1. The van der Waals surface area contributed by atoms with Crippen LogP contribution in [-0.2, 0) is 41.6 Å². The average Bonchev–Trinajstić information content (AvgIpc) is 2.71. The molecular formula is C21H25NO7S. The van der Waals surface area contributed by atoms with Gasteiger partial charge in [0.1, 0.15) is 12.7 Å². The van der Waals surface area contributed by atoms with E-state index in [2.05, 4.69) is 10.1 Å². The van der Waals surface area contributed by atoms with Crippen molar-refractivity contribution in [2.45, 2.75) is 31.6 Å². The third-order valence-corrected chi connectivity index (χ3v) is 4.75. The number of methoxy groups -OCH3 is 1. The molecule has 0 bridgehead atoms. The molecule has 0 spiro atoms. The number of ether oxygens (including phenoxy) is 2. The summed E-state index contributed by atoms with van der Waals surface area (Å²) in [6, 6.07) is 17.3. The molecule has 2 rings (SSSR count). The highest BCUT2D eigenvalue weighted by Crippen LogP contribution is 2.15. The first-order valence-corrected chi connectivity index (χ1v) is 11.0. The van der Waals surface area contributed by atoms with E-state index in [-0.39, 0.29) is 19.4 Å². The van der Waals surface area contributed by atoms with E-state index in [0.717, 1.165) is 17.4 Å². The van der Waals surface area contributed by atoms with E-state index < -0.39 is 34.3 Å². The summed E-state index contributed by atoms with van der Waals surface area (Å²) in [6.07, 6.45) is -1.19. The molecule has 2 aromatic rings. The number of hydrogen-bond acceptors (Lipinski definition) is 7. The van der Waals surface area contributed by atoms with E-state index in [4.69, 9.17) is 8.92 Å². The zero-order valence-electron chi connectivity index (χ0n) is 16.8. The lowest BCUT2D eigenvalue weighted by Crippen LogP contribution is -2.47. The minimum atomic E-state index is -3.91. The van der Waals surface area contributed by atoms with Crippen LogP contribution in [0.25, 0.3) is 0 Å². The number of nitrogens with one attached hydrogen (secondary N) is 1. The molecule has 0 aromatic heterocycles. The molecule has 2 atom stereocenters. The van der Waals surface area contributed by atoms with Gasteiger partial charge in [0.25, 0.3) is 10.1 Å². The molecule has 0 saturated heterocycles. The maximum atomic E-state index is 12.4. The van der Waals surface area contributed by atoms with Crippen LogP contribution < -0.4 is 5.32 Å². The van der Waals surface area contributed by atoms with Crippen LogP contribution in [0.5, 0.6) is 0 Å². The van der Waals surface area contributed by atoms with Gasteiger partial charge < -0.3 is 14.8 Å². The zero-order chi connectivity index (χ0) is 22.0. The molecule has 8 nitrogen and oxygen atoms in total. The largest absolute Gasteiger partial charge is 0.469 e. The predicted octanol–water partition coefficient (Wildman–Crippen LogP) is 2.43. The van der Waals surface area contributed by atoms with Gasteiger partial charge in [-0.25, -0.2) is 4.79 Å². The lowest BCUT2D eigenvalue weighted by atomic mass is 9.99. The minimum Gasteiger partial charge on any atom is -0.469 e. The fraction of sp³-hybridized carbons (Fsp3) is 0.333. The second kappa shape index (κ2) is 11.3. The smallest absolute Gasteiger partial charge is 0.407 e. The molecule has 0 aliphatic rings. The van der Waals surface area contributed by atoms with E-state index in [9.17, 15) is 18.0 Å². The van der Waals surface area contributed by atoms with Crippen molar-refractivity contribution in [3.8, 4) is 0 Å². The highest BCUT2D eigenvalue weighted by atomic mass is 32.2. The van der Waals surface area contributed by atoms with Crippen LogP contribution in [0.2, 0.25) is 0 Å². The molecule has 1 N–H and O–H groups in total. The Morgan fingerprint density at radius 2 is 1.53 bits per heavy atom. The third kappa shape index (κ3) is 8.62. The number of hydrogen-bond donors (Lipinski definition) is 1. The van der Waals surface area contributed by atoms with Gasteiger partial charge >= 0.3 is 12.1 Å². The van der Waals surface area contributed by atoms with Crippen molar-refractivity contribution in [3.05, 3.63) is 71.8 Å². The highest BCUT2D eigenvalue weighted by molar-refractivity contribution is 7.86. The van der Waals surface area contributed by atoms with Crippen LogP contribution in [0, 0.1) is 0 Å². The highest BCUT2D eigenvalue weighted by Gasteiger charge is 2.31. The Kier molecular flexibility index (Phi) is 8.82. The summed E-state index contributed by atoms with van der Waals surface area (Å²) in [7, 11) is -2.72. The van der Waals surface area contributed by atoms with Crippen molar-refractivity contribution in [1.29, 1.82) is 0 Å². The second-order valence-corrected chi connectivity index (χ2v) is 8.22. The number of benzene rings is 2. The number of alkyl carbamates (subject to hydrolysis) is 1. The van der Waals surface area contributed by atoms with E-state index >= 15 is 0 Å². The van der Waals surface area contributed by atoms with Crippen molar-refractivity contribution < 1.29 is 31.7 Å². The molecule has 0 fully saturated rings. The molecule has 162 valence electrons. The first-order chi connectivity index (χ1) is 14.3. The van der Waals surface area contributed by atoms with Gasteiger partial charge in [-0.3, -0.25) is 8.98 Å². The standard InChI is InChI=1S/C21H25NO7S/c1-27-20(23)14-19(29-30(2,25)26)18(13-16-9-5-3-6-10-16)22-21(24)28-15-17-11-7-4-8-12-17/h3-12,18-19H,13-15H2,1-2H3,(H,22,24)/t18-,19+/m0/s1. The van der Waals surface area contributed by atoms with Crippen molar-refractivity contribution in [1.82, 2.24) is 5.32 Å². The van der Waals surface area contributed by atoms with E-state index in [1.807, 2.05) is 60.7 Å². The van der Waals surface area contributed by atoms with Gasteiger partial charge in [0.2, 0.25) is 0 Å². The van der Waals surface area contributed by atoms with Crippen molar-refractivity contribution in [2.24, 2.45) is 0 Å². The summed E-state index contributed by atoms with van der Waals surface area (Å²) >= 11 is 0. The molecule has 1 amide bonds. The lowest BCUT2D eigenvalue weighted by Gasteiger charge is -2.26. The van der Waals surface area contributed by atoms with Gasteiger partial charge in [-0.1, -0.05) is 60.7 Å². The Morgan fingerprint density at radius 3 is 2.07 bits per heavy atom. The van der Waals surface area contributed by atoms with Crippen LogP contribution in [0.4, 0.5) is 4.79 Å². The van der Waals surface area contributed by atoms with E-state index in [1.165, 1.54) is 7.11 Å². The number of carbonyl (C=O) groups excluding carboxylic acids is 2. The van der Waals surface area contributed by atoms with E-state index in [1.54, 1.807) is 0 Å². The van der Waals surface area contributed by atoms with Gasteiger partial charge in [-0.15, -0.1) is 0 Å². The Morgan fingerprint density at radius 1 is 0.967 bits per heavy atom. The van der Waals surface area contributed by atoms with Crippen LogP contribution in [0.15, 0.2) is 60.7 Å². The van der Waals surface area contributed by atoms with Crippen LogP contribution in [0.3, 0.4) is 0 Å². The Bertz CT molecular complexity index is 917. The monoisotopic (exact) mass is 435 g/mol. The lowest BCUT2D eigenvalue weighted by molar-refractivity contribution is -0.142. The molecule has 0 heterocycles. The molecular weight excluding hydrogens is 410 g/mol. The molecule has 0 radical (unpaired) electrons. The topological polar surface area (TPSA) is 108 Å². The van der Waals surface area contributed by atoms with Gasteiger partial charge in [-0.2, -0.15) is 8.42 Å². The van der Waals surface area contributed by atoms with Gasteiger partial charge in [0, 0.05) is 0 Å². The summed E-state index contributed by atoms with van der Waals surface area (Å²) in [4.78, 5) is 24.2. The predicted molar refractivity (Wildman–Crippen MR) is 110 cm³/mol. The summed E-state index contributed by atoms with van der Waals surface area (Å²) in [5.74, 6) is -0.666. The van der Waals surface area contributed by atoms with Crippen molar-refractivity contribution in [2.75, 3.05) is 13.4 Å². The molecule has 9 heteroatoms. The first kappa shape index (κ1) is 23.4. The summed E-state index contributed by atoms with van der Waals surface area (Å²) in [5.41, 5.74) is 1.61. The first-order valence-electron chi connectivity index (χ1n) is 9.23. The average molecular weight is 435 g/mol. The van der Waals surface area contributed by atoms with Crippen molar-refractivity contribution >= 4 is 22.2 Å². The van der Waals surface area contributed by atoms with Gasteiger partial charge in [-0.05, 0) is 17.5 Å². The molecule has 0 aliphatic carbocycles. The molecule has 2 aromatic carbocycles. The molecule has 30 heavy (non-hydrogen) atoms. The molecule has 0 aliphatic heterocycles. The molecule has 0 saturated carbocycles. The van der Waals surface area contributed by atoms with Gasteiger partial charge in [0.15, 0.2) is 0 Å². The number of amides is 1. The summed E-state index contributed by atoms with van der Waals surface area (Å²) < 4.78 is 38.5. The minimum absolute atomic E-state index is 0.0410. The van der Waals surface area contributed by atoms with Gasteiger partial charge in [0.05, 0.1) is 25.8 Å². The SMILES string of the molecule is COC(=O)C[C@@H](OS(C)(=O)=O)[C@H](Cc1ccccc1)NC(=O)OCc1ccccc1. The number of carbonyl (C=O) groups is 2. The second-order valence-electron chi connectivity index (χ2n) is 6.62. The van der Waals surface area contributed by atoms with Crippen LogP contribution >= 0.6 is 0 Å². The van der Waals surface area contributed by atoms with Crippen LogP contribution in [-0.4, -0.2) is 46.0 Å². The fourth-order valence-electron chi connectivity index (χ4n) is 2.78. The summed E-state index contributed by atoms with van der Waals surface area (Å²) in [6.45, 7) is 0.0410. The Hall–Kier alpha value is -2.91. The third-order valence-electron chi connectivity index (χ3n) is 4.16. The number of rotatable bonds is 10. The fourth-order valence-corrected chi connectivity index (χ4v) is 3.43. The van der Waals surface area contributed by atoms with Crippen molar-refractivity contribution in [3.63, 3.8) is 0 Å². The summed E-state index contributed by atoms with van der Waals surface area (Å²) in [5, 5.41) is 2.63. The quantitative estimate of drug-likeness (QED) is 0.451.